The fourth-order valence-electron chi connectivity index (χ4n) is 3.23. The number of carboxylic acids is 1. The number of aryl methyl sites for hydroxylation is 2. The van der Waals surface area contributed by atoms with Gasteiger partial charge in [0.15, 0.2) is 6.10 Å². The zero-order chi connectivity index (χ0) is 19.0. The molecule has 0 bridgehead atoms. The molecule has 0 spiro atoms. The molecular weight excluding hydrogens is 334 g/mol. The lowest BCUT2D eigenvalue weighted by atomic mass is 10.1. The van der Waals surface area contributed by atoms with Crippen LogP contribution in [0.1, 0.15) is 34.1 Å². The average Bonchev–Trinajstić information content (AvgIpc) is 2.97. The van der Waals surface area contributed by atoms with Crippen molar-refractivity contribution in [1.82, 2.24) is 14.7 Å². The molecule has 1 unspecified atom stereocenters. The van der Waals surface area contributed by atoms with Crippen molar-refractivity contribution in [2.45, 2.75) is 39.9 Å². The first-order valence-electron chi connectivity index (χ1n) is 8.57. The Kier molecular flexibility index (Phi) is 4.82. The van der Waals surface area contributed by atoms with Gasteiger partial charge >= 0.3 is 5.97 Å². The van der Waals surface area contributed by atoms with Crippen LogP contribution in [0.2, 0.25) is 0 Å². The molecule has 3 rings (SSSR count). The Morgan fingerprint density at radius 1 is 1.23 bits per heavy atom. The first-order chi connectivity index (χ1) is 12.3. The van der Waals surface area contributed by atoms with Crippen LogP contribution >= 0.6 is 0 Å². The number of carbonyl (C=O) groups excluding carboxylic acids is 1. The Balaban J connectivity index is 1.91. The number of hydrogen-bond acceptors (Lipinski definition) is 4. The minimum Gasteiger partial charge on any atom is -0.479 e. The summed E-state index contributed by atoms with van der Waals surface area (Å²) in [4.78, 5) is 25.7. The van der Waals surface area contributed by atoms with Crippen LogP contribution in [0.3, 0.4) is 0 Å². The van der Waals surface area contributed by atoms with Crippen LogP contribution in [-0.4, -0.2) is 57.0 Å². The number of benzene rings is 1. The van der Waals surface area contributed by atoms with Crippen molar-refractivity contribution in [2.75, 3.05) is 13.1 Å². The second-order valence-corrected chi connectivity index (χ2v) is 6.83. The number of carbonyl (C=O) groups is 2. The molecule has 1 saturated heterocycles. The summed E-state index contributed by atoms with van der Waals surface area (Å²) in [5.41, 5.74) is 4.31. The summed E-state index contributed by atoms with van der Waals surface area (Å²) in [6, 6.07) is 6.08. The van der Waals surface area contributed by atoms with Gasteiger partial charge in [-0.1, -0.05) is 12.1 Å². The molecule has 1 fully saturated rings. The maximum atomic E-state index is 13.0. The van der Waals surface area contributed by atoms with Crippen molar-refractivity contribution in [1.29, 1.82) is 0 Å². The quantitative estimate of drug-likeness (QED) is 0.909. The standard InChI is InChI=1S/C19H23N3O4/c1-11-5-6-12(2)16(7-11)22-14(4)15(8-20-22)18(23)21-9-13(3)26-17(10-21)19(24)25/h5-8,13,17H,9-10H2,1-4H3,(H,24,25)/t13-,17?/m1/s1. The molecular formula is C19H23N3O4. The van der Waals surface area contributed by atoms with Crippen LogP contribution in [-0.2, 0) is 9.53 Å². The van der Waals surface area contributed by atoms with Gasteiger partial charge in [0, 0.05) is 6.54 Å². The number of rotatable bonds is 3. The lowest BCUT2D eigenvalue weighted by molar-refractivity contribution is -0.160. The molecule has 1 N–H and O–H groups in total. The Morgan fingerprint density at radius 2 is 1.96 bits per heavy atom. The van der Waals surface area contributed by atoms with Crippen LogP contribution in [0.5, 0.6) is 0 Å². The topological polar surface area (TPSA) is 84.7 Å². The minimum atomic E-state index is -1.06. The smallest absolute Gasteiger partial charge is 0.334 e. The highest BCUT2D eigenvalue weighted by molar-refractivity contribution is 5.95. The van der Waals surface area contributed by atoms with Crippen molar-refractivity contribution >= 4 is 11.9 Å². The highest BCUT2D eigenvalue weighted by Crippen LogP contribution is 2.21. The van der Waals surface area contributed by atoms with E-state index in [1.165, 1.54) is 4.90 Å². The average molecular weight is 357 g/mol. The van der Waals surface area contributed by atoms with Crippen molar-refractivity contribution in [3.05, 3.63) is 46.8 Å². The number of morpholine rings is 1. The summed E-state index contributed by atoms with van der Waals surface area (Å²) >= 11 is 0. The predicted octanol–water partition coefficient (Wildman–Crippen LogP) is 2.11. The molecule has 26 heavy (non-hydrogen) atoms. The maximum Gasteiger partial charge on any atom is 0.334 e. The number of ether oxygens (including phenoxy) is 1. The molecule has 7 heteroatoms. The van der Waals surface area contributed by atoms with E-state index < -0.39 is 12.1 Å². The van der Waals surface area contributed by atoms with Crippen LogP contribution in [0, 0.1) is 20.8 Å². The van der Waals surface area contributed by atoms with E-state index in [1.54, 1.807) is 17.8 Å². The Morgan fingerprint density at radius 3 is 2.65 bits per heavy atom. The molecule has 138 valence electrons. The summed E-state index contributed by atoms with van der Waals surface area (Å²) in [5.74, 6) is -1.28. The summed E-state index contributed by atoms with van der Waals surface area (Å²) in [5, 5.41) is 13.6. The largest absolute Gasteiger partial charge is 0.479 e. The normalized spacial score (nSPS) is 20.2. The highest BCUT2D eigenvalue weighted by Gasteiger charge is 2.34. The SMILES string of the molecule is Cc1ccc(C)c(-n2ncc(C(=O)N3CC(C(=O)O)O[C@H](C)C3)c2C)c1. The van der Waals surface area contributed by atoms with Gasteiger partial charge in [0.1, 0.15) is 0 Å². The molecule has 7 nitrogen and oxygen atoms in total. The summed E-state index contributed by atoms with van der Waals surface area (Å²) in [7, 11) is 0. The van der Waals surface area contributed by atoms with Crippen molar-refractivity contribution in [2.24, 2.45) is 0 Å². The Hall–Kier alpha value is -2.67. The van der Waals surface area contributed by atoms with E-state index >= 15 is 0 Å². The number of aromatic nitrogens is 2. The molecule has 0 saturated carbocycles. The molecule has 2 heterocycles. The number of carboxylic acid groups (broad SMARTS) is 1. The zero-order valence-electron chi connectivity index (χ0n) is 15.4. The Bertz CT molecular complexity index is 858. The van der Waals surface area contributed by atoms with Gasteiger partial charge in [-0.25, -0.2) is 9.48 Å². The van der Waals surface area contributed by atoms with Gasteiger partial charge in [0.25, 0.3) is 5.91 Å². The summed E-state index contributed by atoms with van der Waals surface area (Å²) in [6.07, 6.45) is 0.218. The molecule has 1 amide bonds. The predicted molar refractivity (Wildman–Crippen MR) is 95.6 cm³/mol. The van der Waals surface area contributed by atoms with Crippen molar-refractivity contribution in [3.63, 3.8) is 0 Å². The number of hydrogen-bond donors (Lipinski definition) is 1. The first-order valence-corrected chi connectivity index (χ1v) is 8.57. The maximum absolute atomic E-state index is 13.0. The van der Waals surface area contributed by atoms with Crippen molar-refractivity contribution < 1.29 is 19.4 Å². The van der Waals surface area contributed by atoms with E-state index in [4.69, 9.17) is 4.74 Å². The lowest BCUT2D eigenvalue weighted by Gasteiger charge is -2.34. The minimum absolute atomic E-state index is 0.0343. The Labute approximate surface area is 152 Å². The van der Waals surface area contributed by atoms with Gasteiger partial charge in [-0.3, -0.25) is 4.79 Å². The molecule has 1 aliphatic heterocycles. The van der Waals surface area contributed by atoms with Crippen LogP contribution < -0.4 is 0 Å². The number of aliphatic carboxylic acids is 1. The fourth-order valence-corrected chi connectivity index (χ4v) is 3.23. The monoisotopic (exact) mass is 357 g/mol. The number of nitrogens with zero attached hydrogens (tertiary/aromatic N) is 3. The van der Waals surface area contributed by atoms with Crippen LogP contribution in [0.15, 0.2) is 24.4 Å². The van der Waals surface area contributed by atoms with Gasteiger partial charge in [-0.15, -0.1) is 0 Å². The third kappa shape index (κ3) is 3.35. The van der Waals surface area contributed by atoms with Crippen LogP contribution in [0.25, 0.3) is 5.69 Å². The third-order valence-corrected chi connectivity index (χ3v) is 4.66. The molecule has 2 aromatic rings. The molecule has 1 aliphatic rings. The second-order valence-electron chi connectivity index (χ2n) is 6.83. The van der Waals surface area contributed by atoms with E-state index in [1.807, 2.05) is 39.0 Å². The third-order valence-electron chi connectivity index (χ3n) is 4.66. The summed E-state index contributed by atoms with van der Waals surface area (Å²) in [6.45, 7) is 8.01. The molecule has 0 radical (unpaired) electrons. The molecule has 2 atom stereocenters. The first kappa shape index (κ1) is 18.1. The molecule has 1 aromatic heterocycles. The second kappa shape index (κ2) is 6.92. The van der Waals surface area contributed by atoms with Gasteiger partial charge in [-0.05, 0) is 44.9 Å². The fraction of sp³-hybridized carbons (Fsp3) is 0.421. The van der Waals surface area contributed by atoms with E-state index in [-0.39, 0.29) is 18.6 Å². The summed E-state index contributed by atoms with van der Waals surface area (Å²) < 4.78 is 7.14. The van der Waals surface area contributed by atoms with Gasteiger partial charge < -0.3 is 14.7 Å². The van der Waals surface area contributed by atoms with E-state index in [0.29, 0.717) is 12.1 Å². The van der Waals surface area contributed by atoms with Gasteiger partial charge in [0.2, 0.25) is 0 Å². The van der Waals surface area contributed by atoms with E-state index in [2.05, 4.69) is 5.10 Å². The highest BCUT2D eigenvalue weighted by atomic mass is 16.5. The van der Waals surface area contributed by atoms with E-state index in [0.717, 1.165) is 22.5 Å². The van der Waals surface area contributed by atoms with Crippen LogP contribution in [0.4, 0.5) is 0 Å². The zero-order valence-corrected chi connectivity index (χ0v) is 15.4. The molecule has 1 aromatic carbocycles. The number of amides is 1. The molecule has 0 aliphatic carbocycles. The van der Waals surface area contributed by atoms with Crippen molar-refractivity contribution in [3.8, 4) is 5.69 Å². The lowest BCUT2D eigenvalue weighted by Crippen LogP contribution is -2.51. The van der Waals surface area contributed by atoms with E-state index in [9.17, 15) is 14.7 Å². The van der Waals surface area contributed by atoms with Gasteiger partial charge in [-0.2, -0.15) is 5.10 Å². The van der Waals surface area contributed by atoms with Gasteiger partial charge in [0.05, 0.1) is 35.8 Å².